The van der Waals surface area contributed by atoms with Crippen LogP contribution in [0.3, 0.4) is 0 Å². The summed E-state index contributed by atoms with van der Waals surface area (Å²) in [5, 5.41) is 12.1. The second-order valence-electron chi connectivity index (χ2n) is 10.5. The molecule has 4 aromatic carbocycles. The lowest BCUT2D eigenvalue weighted by Gasteiger charge is -2.25. The molecule has 9 nitrogen and oxygen atoms in total. The van der Waals surface area contributed by atoms with Crippen molar-refractivity contribution in [2.75, 3.05) is 12.4 Å². The number of benzene rings is 4. The van der Waals surface area contributed by atoms with Gasteiger partial charge in [0.2, 0.25) is 0 Å². The fourth-order valence-corrected chi connectivity index (χ4v) is 6.27. The first-order chi connectivity index (χ1) is 22.3. The van der Waals surface area contributed by atoms with Gasteiger partial charge < -0.3 is 19.9 Å². The van der Waals surface area contributed by atoms with Crippen molar-refractivity contribution in [3.63, 3.8) is 0 Å². The molecule has 0 fully saturated rings. The van der Waals surface area contributed by atoms with Crippen molar-refractivity contribution in [2.45, 2.75) is 19.6 Å². The fourth-order valence-electron chi connectivity index (χ4n) is 5.24. The minimum atomic E-state index is -0.993. The lowest BCUT2D eigenvalue weighted by Crippen LogP contribution is -2.40. The SMILES string of the molecule is COc1cccc([C@H]2C(C(=O)Nc3ccccc3)=C(C)N=c3s/c(=C\c4ccccc4OCc4ccc(C(=O)O)cc4)c(=O)n32)c1. The number of para-hydroxylation sites is 2. The van der Waals surface area contributed by atoms with E-state index in [0.717, 1.165) is 5.56 Å². The number of nitrogens with one attached hydrogen (secondary N) is 1. The van der Waals surface area contributed by atoms with Crippen molar-refractivity contribution >= 4 is 35.0 Å². The number of carboxylic acids is 1. The normalized spacial score (nSPS) is 14.3. The number of amides is 1. The number of carbonyl (C=O) groups excluding carboxylic acids is 1. The third-order valence-corrected chi connectivity index (χ3v) is 8.49. The van der Waals surface area contributed by atoms with E-state index in [2.05, 4.69) is 5.32 Å². The molecule has 6 rings (SSSR count). The molecule has 10 heteroatoms. The van der Waals surface area contributed by atoms with Crippen LogP contribution in [-0.4, -0.2) is 28.7 Å². The van der Waals surface area contributed by atoms with Crippen molar-refractivity contribution in [3.05, 3.63) is 156 Å². The highest BCUT2D eigenvalue weighted by molar-refractivity contribution is 7.07. The molecule has 1 atom stereocenters. The minimum absolute atomic E-state index is 0.197. The Hall–Kier alpha value is -5.74. The number of allylic oxidation sites excluding steroid dienone is 1. The van der Waals surface area contributed by atoms with E-state index >= 15 is 0 Å². The van der Waals surface area contributed by atoms with E-state index in [1.165, 1.54) is 23.5 Å². The van der Waals surface area contributed by atoms with E-state index in [-0.39, 0.29) is 23.6 Å². The Kier molecular flexibility index (Phi) is 8.62. The second-order valence-corrected chi connectivity index (χ2v) is 11.5. The number of ether oxygens (including phenoxy) is 2. The number of thiazole rings is 1. The summed E-state index contributed by atoms with van der Waals surface area (Å²) in [5.41, 5.74) is 3.58. The van der Waals surface area contributed by atoms with Gasteiger partial charge in [0, 0.05) is 11.3 Å². The first-order valence-corrected chi connectivity index (χ1v) is 15.2. The van der Waals surface area contributed by atoms with Gasteiger partial charge in [0.25, 0.3) is 11.5 Å². The molecule has 1 aliphatic rings. The largest absolute Gasteiger partial charge is 0.497 e. The van der Waals surface area contributed by atoms with E-state index in [9.17, 15) is 14.4 Å². The molecule has 46 heavy (non-hydrogen) atoms. The molecule has 0 saturated heterocycles. The molecule has 2 heterocycles. The average molecular weight is 632 g/mol. The highest BCUT2D eigenvalue weighted by Gasteiger charge is 2.32. The maximum atomic E-state index is 14.2. The Morgan fingerprint density at radius 3 is 2.46 bits per heavy atom. The third-order valence-electron chi connectivity index (χ3n) is 7.51. The smallest absolute Gasteiger partial charge is 0.335 e. The summed E-state index contributed by atoms with van der Waals surface area (Å²) in [4.78, 5) is 44.3. The number of aromatic carboxylic acids is 1. The van der Waals surface area contributed by atoms with Gasteiger partial charge in [0.05, 0.1) is 34.5 Å². The van der Waals surface area contributed by atoms with Crippen LogP contribution in [0.25, 0.3) is 6.08 Å². The third kappa shape index (κ3) is 6.24. The molecule has 230 valence electrons. The van der Waals surface area contributed by atoms with Gasteiger partial charge in [-0.1, -0.05) is 72.0 Å². The van der Waals surface area contributed by atoms with Crippen LogP contribution >= 0.6 is 11.3 Å². The van der Waals surface area contributed by atoms with Crippen LogP contribution in [0.2, 0.25) is 0 Å². The molecular weight excluding hydrogens is 602 g/mol. The van der Waals surface area contributed by atoms with Gasteiger partial charge in [-0.25, -0.2) is 9.79 Å². The van der Waals surface area contributed by atoms with Gasteiger partial charge in [-0.3, -0.25) is 14.2 Å². The highest BCUT2D eigenvalue weighted by atomic mass is 32.1. The summed E-state index contributed by atoms with van der Waals surface area (Å²) in [6.07, 6.45) is 1.76. The monoisotopic (exact) mass is 631 g/mol. The quantitative estimate of drug-likeness (QED) is 0.232. The number of carboxylic acid groups (broad SMARTS) is 1. The summed E-state index contributed by atoms with van der Waals surface area (Å²) >= 11 is 1.23. The van der Waals surface area contributed by atoms with Crippen LogP contribution < -0.4 is 29.7 Å². The second kappa shape index (κ2) is 13.1. The molecule has 1 aromatic heterocycles. The van der Waals surface area contributed by atoms with Crippen LogP contribution in [-0.2, 0) is 11.4 Å². The molecule has 0 saturated carbocycles. The zero-order chi connectivity index (χ0) is 32.2. The Bertz CT molecular complexity index is 2150. The summed E-state index contributed by atoms with van der Waals surface area (Å²) in [6.45, 7) is 1.98. The molecule has 0 unspecified atom stereocenters. The van der Waals surface area contributed by atoms with Crippen LogP contribution in [0.15, 0.2) is 124 Å². The molecule has 5 aromatic rings. The zero-order valence-electron chi connectivity index (χ0n) is 25.0. The van der Waals surface area contributed by atoms with E-state index in [0.29, 0.717) is 48.9 Å². The van der Waals surface area contributed by atoms with Crippen LogP contribution in [0, 0.1) is 0 Å². The van der Waals surface area contributed by atoms with E-state index in [4.69, 9.17) is 19.6 Å². The van der Waals surface area contributed by atoms with E-state index < -0.39 is 12.0 Å². The summed E-state index contributed by atoms with van der Waals surface area (Å²) in [6, 6.07) is 29.5. The number of hydrogen-bond acceptors (Lipinski definition) is 7. The van der Waals surface area contributed by atoms with E-state index in [1.54, 1.807) is 48.9 Å². The van der Waals surface area contributed by atoms with Gasteiger partial charge in [0.15, 0.2) is 4.80 Å². The fraction of sp³-hybridized carbons (Fsp3) is 0.111. The Balaban J connectivity index is 1.40. The average Bonchev–Trinajstić information content (AvgIpc) is 3.37. The summed E-state index contributed by atoms with van der Waals surface area (Å²) < 4.78 is 13.6. The molecule has 1 aliphatic heterocycles. The maximum Gasteiger partial charge on any atom is 0.335 e. The molecule has 0 aliphatic carbocycles. The van der Waals surface area contributed by atoms with Gasteiger partial charge in [0.1, 0.15) is 18.1 Å². The Morgan fingerprint density at radius 1 is 0.978 bits per heavy atom. The molecule has 1 amide bonds. The number of fused-ring (bicyclic) bond motifs is 1. The summed E-state index contributed by atoms with van der Waals surface area (Å²) in [5.74, 6) is -0.198. The number of carbonyl (C=O) groups is 2. The lowest BCUT2D eigenvalue weighted by molar-refractivity contribution is -0.113. The first kappa shape index (κ1) is 30.3. The van der Waals surface area contributed by atoms with Crippen molar-refractivity contribution < 1.29 is 24.2 Å². The van der Waals surface area contributed by atoms with Crippen molar-refractivity contribution in [1.82, 2.24) is 4.57 Å². The summed E-state index contributed by atoms with van der Waals surface area (Å²) in [7, 11) is 1.57. The number of rotatable bonds is 9. The molecule has 0 spiro atoms. The predicted molar refractivity (Wildman–Crippen MR) is 176 cm³/mol. The topological polar surface area (TPSA) is 119 Å². The number of hydrogen-bond donors (Lipinski definition) is 2. The van der Waals surface area contributed by atoms with Crippen molar-refractivity contribution in [2.24, 2.45) is 4.99 Å². The maximum absolute atomic E-state index is 14.2. The van der Waals surface area contributed by atoms with E-state index in [1.807, 2.05) is 66.7 Å². The lowest BCUT2D eigenvalue weighted by atomic mass is 9.95. The van der Waals surface area contributed by atoms with Gasteiger partial charge >= 0.3 is 5.97 Å². The Morgan fingerprint density at radius 2 is 1.72 bits per heavy atom. The number of aromatic nitrogens is 1. The van der Waals surface area contributed by atoms with Gasteiger partial charge in [-0.15, -0.1) is 0 Å². The van der Waals surface area contributed by atoms with Crippen LogP contribution in [0.5, 0.6) is 11.5 Å². The van der Waals surface area contributed by atoms with Crippen LogP contribution in [0.1, 0.15) is 40.0 Å². The Labute approximate surface area is 268 Å². The molecule has 0 bridgehead atoms. The van der Waals surface area contributed by atoms with Crippen LogP contribution in [0.4, 0.5) is 5.69 Å². The zero-order valence-corrected chi connectivity index (χ0v) is 25.8. The molecule has 0 radical (unpaired) electrons. The first-order valence-electron chi connectivity index (χ1n) is 14.4. The van der Waals surface area contributed by atoms with Crippen molar-refractivity contribution in [3.8, 4) is 11.5 Å². The number of methoxy groups -OCH3 is 1. The molecule has 2 N–H and O–H groups in total. The number of nitrogens with zero attached hydrogens (tertiary/aromatic N) is 2. The molecular formula is C36H29N3O6S. The highest BCUT2D eigenvalue weighted by Crippen LogP contribution is 2.32. The minimum Gasteiger partial charge on any atom is -0.497 e. The predicted octanol–water partition coefficient (Wildman–Crippen LogP) is 5.16. The van der Waals surface area contributed by atoms with Crippen molar-refractivity contribution in [1.29, 1.82) is 0 Å². The van der Waals surface area contributed by atoms with Gasteiger partial charge in [-0.2, -0.15) is 0 Å². The number of anilines is 1. The van der Waals surface area contributed by atoms with Gasteiger partial charge in [-0.05, 0) is 66.6 Å². The standard InChI is InChI=1S/C36H29N3O6S/c1-22-31(33(40)38-27-11-4-3-5-12-27)32(26-10-8-13-28(19-26)44-2)39-34(41)30(46-36(39)37-22)20-25-9-6-7-14-29(25)45-21-23-15-17-24(18-16-23)35(42)43/h3-20,32H,21H2,1-2H3,(H,38,40)(H,42,43)/b30-20-/t32-/m0/s1.